The maximum Gasteiger partial charge on any atom is 0.103 e. The van der Waals surface area contributed by atoms with Crippen LogP contribution in [-0.2, 0) is 22.3 Å². The molecule has 1 atom stereocenters. The van der Waals surface area contributed by atoms with Gasteiger partial charge in [-0.25, -0.2) is 8.93 Å². The van der Waals surface area contributed by atoms with Gasteiger partial charge in [-0.05, 0) is 54.9 Å². The van der Waals surface area contributed by atoms with E-state index in [1.54, 1.807) is 11.3 Å². The predicted molar refractivity (Wildman–Crippen MR) is 67.7 cm³/mol. The van der Waals surface area contributed by atoms with Gasteiger partial charge in [-0.3, -0.25) is 0 Å². The Labute approximate surface area is 102 Å². The average molecular weight is 256 g/mol. The van der Waals surface area contributed by atoms with Crippen LogP contribution in [-0.4, -0.2) is 29.2 Å². The lowest BCUT2D eigenvalue weighted by Crippen LogP contribution is -2.49. The van der Waals surface area contributed by atoms with Gasteiger partial charge in [0.25, 0.3) is 0 Å². The van der Waals surface area contributed by atoms with Gasteiger partial charge < -0.3 is 4.90 Å². The molecule has 0 aliphatic carbocycles. The predicted octanol–water partition coefficient (Wildman–Crippen LogP) is 1.44. The van der Waals surface area contributed by atoms with Crippen LogP contribution in [0.1, 0.15) is 24.0 Å². The first-order valence-corrected chi connectivity index (χ1v) is 7.71. The van der Waals surface area contributed by atoms with Crippen LogP contribution in [0, 0.1) is 0 Å². The van der Waals surface area contributed by atoms with E-state index in [1.807, 2.05) is 0 Å². The number of piperidine rings is 1. The van der Waals surface area contributed by atoms with Gasteiger partial charge in [0, 0.05) is 6.54 Å². The lowest BCUT2D eigenvalue weighted by molar-refractivity contribution is 0.234. The summed E-state index contributed by atoms with van der Waals surface area (Å²) in [5, 5.41) is 4.40. The van der Waals surface area contributed by atoms with Gasteiger partial charge >= 0.3 is 0 Å². The van der Waals surface area contributed by atoms with Crippen LogP contribution in [0.5, 0.6) is 0 Å². The first-order valence-electron chi connectivity index (χ1n) is 5.62. The standard InChI is InChI=1S/C11H16N2OS2/c1-13-4-2-11(3-5-13)10-8-15-7-9(10)6-12-16(11)14/h7-8,12H,2-6H2,1H3. The van der Waals surface area contributed by atoms with Gasteiger partial charge in [-0.2, -0.15) is 11.3 Å². The minimum Gasteiger partial charge on any atom is -0.306 e. The molecule has 1 aromatic rings. The molecule has 0 amide bonds. The fourth-order valence-electron chi connectivity index (χ4n) is 2.68. The second-order valence-corrected chi connectivity index (χ2v) is 7.05. The molecule has 2 aliphatic rings. The normalized spacial score (nSPS) is 29.2. The van der Waals surface area contributed by atoms with Gasteiger partial charge in [-0.1, -0.05) is 0 Å². The van der Waals surface area contributed by atoms with Crippen molar-refractivity contribution in [3.63, 3.8) is 0 Å². The first kappa shape index (κ1) is 10.9. The molecule has 2 aliphatic heterocycles. The van der Waals surface area contributed by atoms with Crippen molar-refractivity contribution in [1.29, 1.82) is 0 Å². The smallest absolute Gasteiger partial charge is 0.103 e. The molecule has 1 unspecified atom stereocenters. The molecule has 16 heavy (non-hydrogen) atoms. The Morgan fingerprint density at radius 1 is 1.44 bits per heavy atom. The van der Waals surface area contributed by atoms with Crippen LogP contribution in [0.15, 0.2) is 10.8 Å². The Bertz CT molecular complexity index is 421. The lowest BCUT2D eigenvalue weighted by atomic mass is 9.87. The van der Waals surface area contributed by atoms with Crippen LogP contribution >= 0.6 is 11.3 Å². The molecular weight excluding hydrogens is 240 g/mol. The Kier molecular flexibility index (Phi) is 2.66. The van der Waals surface area contributed by atoms with Gasteiger partial charge in [0.05, 0.1) is 4.75 Å². The van der Waals surface area contributed by atoms with Crippen LogP contribution in [0.25, 0.3) is 0 Å². The number of nitrogens with one attached hydrogen (secondary N) is 1. The molecule has 0 aromatic carbocycles. The van der Waals surface area contributed by atoms with E-state index in [0.717, 1.165) is 32.5 Å². The summed E-state index contributed by atoms with van der Waals surface area (Å²) in [7, 11) is 1.23. The largest absolute Gasteiger partial charge is 0.306 e. The van der Waals surface area contributed by atoms with Crippen molar-refractivity contribution >= 4 is 22.3 Å². The van der Waals surface area contributed by atoms with Crippen molar-refractivity contribution in [3.05, 3.63) is 21.9 Å². The Morgan fingerprint density at radius 3 is 2.94 bits per heavy atom. The molecule has 5 heteroatoms. The molecule has 1 saturated heterocycles. The lowest BCUT2D eigenvalue weighted by Gasteiger charge is -2.42. The summed E-state index contributed by atoms with van der Waals surface area (Å²) in [6.07, 6.45) is 2.01. The van der Waals surface area contributed by atoms with E-state index < -0.39 is 11.0 Å². The van der Waals surface area contributed by atoms with E-state index in [1.165, 1.54) is 11.1 Å². The van der Waals surface area contributed by atoms with E-state index >= 15 is 0 Å². The summed E-state index contributed by atoms with van der Waals surface area (Å²) in [4.78, 5) is 2.32. The summed E-state index contributed by atoms with van der Waals surface area (Å²) < 4.78 is 15.4. The van der Waals surface area contributed by atoms with Crippen molar-refractivity contribution in [2.75, 3.05) is 20.1 Å². The zero-order valence-electron chi connectivity index (χ0n) is 9.36. The van der Waals surface area contributed by atoms with E-state index in [4.69, 9.17) is 0 Å². The summed E-state index contributed by atoms with van der Waals surface area (Å²) in [5.41, 5.74) is 2.71. The van der Waals surface area contributed by atoms with E-state index in [-0.39, 0.29) is 4.75 Å². The highest BCUT2D eigenvalue weighted by atomic mass is 32.2. The number of rotatable bonds is 0. The SMILES string of the molecule is CN1CCC2(CC1)c1cscc1CNS2=O. The zero-order chi connectivity index (χ0) is 11.2. The molecule has 0 bridgehead atoms. The fourth-order valence-corrected chi connectivity index (χ4v) is 5.21. The number of thiophene rings is 1. The molecule has 0 radical (unpaired) electrons. The molecule has 3 rings (SSSR count). The van der Waals surface area contributed by atoms with E-state index in [9.17, 15) is 4.21 Å². The fraction of sp³-hybridized carbons (Fsp3) is 0.636. The number of hydrogen-bond acceptors (Lipinski definition) is 3. The third-order valence-corrected chi connectivity index (χ3v) is 6.31. The van der Waals surface area contributed by atoms with Crippen molar-refractivity contribution < 1.29 is 4.21 Å². The first-order chi connectivity index (χ1) is 7.72. The highest BCUT2D eigenvalue weighted by Crippen LogP contribution is 2.43. The maximum atomic E-state index is 12.3. The third kappa shape index (κ3) is 1.49. The molecule has 0 saturated carbocycles. The number of nitrogens with zero attached hydrogens (tertiary/aromatic N) is 1. The summed E-state index contributed by atoms with van der Waals surface area (Å²) >= 11 is 1.74. The second kappa shape index (κ2) is 3.91. The van der Waals surface area contributed by atoms with Gasteiger partial charge in [-0.15, -0.1) is 0 Å². The van der Waals surface area contributed by atoms with Crippen LogP contribution in [0.4, 0.5) is 0 Å². The third-order valence-electron chi connectivity index (χ3n) is 3.78. The zero-order valence-corrected chi connectivity index (χ0v) is 11.0. The van der Waals surface area contributed by atoms with Crippen molar-refractivity contribution in [1.82, 2.24) is 9.62 Å². The minimum atomic E-state index is -0.910. The molecule has 3 heterocycles. The highest BCUT2D eigenvalue weighted by Gasteiger charge is 2.45. The van der Waals surface area contributed by atoms with Gasteiger partial charge in [0.2, 0.25) is 0 Å². The molecule has 1 aromatic heterocycles. The second-order valence-electron chi connectivity index (χ2n) is 4.70. The van der Waals surface area contributed by atoms with Crippen molar-refractivity contribution in [2.24, 2.45) is 0 Å². The van der Waals surface area contributed by atoms with Crippen molar-refractivity contribution in [2.45, 2.75) is 24.1 Å². The molecule has 1 spiro atoms. The molecule has 3 nitrogen and oxygen atoms in total. The maximum absolute atomic E-state index is 12.3. The van der Waals surface area contributed by atoms with E-state index in [0.29, 0.717) is 0 Å². The van der Waals surface area contributed by atoms with Gasteiger partial charge in [0.1, 0.15) is 11.0 Å². The van der Waals surface area contributed by atoms with Gasteiger partial charge in [0.15, 0.2) is 0 Å². The highest BCUT2D eigenvalue weighted by molar-refractivity contribution is 7.84. The van der Waals surface area contributed by atoms with Crippen LogP contribution in [0.3, 0.4) is 0 Å². The van der Waals surface area contributed by atoms with Crippen LogP contribution in [0.2, 0.25) is 0 Å². The number of fused-ring (bicyclic) bond motifs is 2. The van der Waals surface area contributed by atoms with Crippen molar-refractivity contribution in [3.8, 4) is 0 Å². The number of hydrogen-bond donors (Lipinski definition) is 1. The average Bonchev–Trinajstić information content (AvgIpc) is 2.76. The molecular formula is C11H16N2OS2. The Balaban J connectivity index is 2.03. The van der Waals surface area contributed by atoms with E-state index in [2.05, 4.69) is 27.4 Å². The quantitative estimate of drug-likeness (QED) is 0.762. The summed E-state index contributed by atoms with van der Waals surface area (Å²) in [6, 6.07) is 0. The van der Waals surface area contributed by atoms with Crippen LogP contribution < -0.4 is 4.72 Å². The molecule has 1 fully saturated rings. The summed E-state index contributed by atoms with van der Waals surface area (Å²) in [5.74, 6) is 0. The minimum absolute atomic E-state index is 0.111. The monoisotopic (exact) mass is 256 g/mol. The Hall–Kier alpha value is -0.230. The number of likely N-dealkylation sites (tertiary alicyclic amines) is 1. The molecule has 88 valence electrons. The Morgan fingerprint density at radius 2 is 2.19 bits per heavy atom. The topological polar surface area (TPSA) is 32.3 Å². The summed E-state index contributed by atoms with van der Waals surface area (Å²) in [6.45, 7) is 2.86. The molecule has 1 N–H and O–H groups in total.